The number of hydrogen-bond donors (Lipinski definition) is 2. The lowest BCUT2D eigenvalue weighted by Crippen LogP contribution is -2.34. The van der Waals surface area contributed by atoms with E-state index in [9.17, 15) is 4.79 Å². The van der Waals surface area contributed by atoms with E-state index in [0.717, 1.165) is 17.6 Å². The molecule has 0 aliphatic heterocycles. The summed E-state index contributed by atoms with van der Waals surface area (Å²) >= 11 is 0. The Balaban J connectivity index is 1.95. The molecule has 0 atom stereocenters. The Morgan fingerprint density at radius 3 is 2.58 bits per heavy atom. The first-order valence-corrected chi connectivity index (χ1v) is 6.33. The van der Waals surface area contributed by atoms with Crippen molar-refractivity contribution >= 4 is 22.5 Å². The zero-order valence-electron chi connectivity index (χ0n) is 11.3. The van der Waals surface area contributed by atoms with Crippen molar-refractivity contribution in [3.63, 3.8) is 0 Å². The molecule has 0 radical (unpaired) electrons. The fourth-order valence-corrected chi connectivity index (χ4v) is 1.84. The predicted molar refractivity (Wildman–Crippen MR) is 79.5 cm³/mol. The maximum absolute atomic E-state index is 11.7. The highest BCUT2D eigenvalue weighted by atomic mass is 16.2. The molecular formula is C15H19N3O. The number of anilines is 1. The quantitative estimate of drug-likeness (QED) is 0.884. The first-order chi connectivity index (χ1) is 9.15. The Bertz CT molecular complexity index is 566. The molecule has 2 amide bonds. The summed E-state index contributed by atoms with van der Waals surface area (Å²) in [6.45, 7) is 1.46. The molecule has 0 saturated carbocycles. The number of nitrogens with zero attached hydrogens (tertiary/aromatic N) is 1. The lowest BCUT2D eigenvalue weighted by Gasteiger charge is -2.11. The zero-order chi connectivity index (χ0) is 13.7. The molecule has 0 aliphatic carbocycles. The zero-order valence-corrected chi connectivity index (χ0v) is 11.3. The molecule has 0 spiro atoms. The molecule has 2 aromatic rings. The Hall–Kier alpha value is -2.07. The summed E-state index contributed by atoms with van der Waals surface area (Å²) < 4.78 is 0. The smallest absolute Gasteiger partial charge is 0.319 e. The first kappa shape index (κ1) is 13.4. The van der Waals surface area contributed by atoms with Crippen molar-refractivity contribution < 1.29 is 4.79 Å². The maximum Gasteiger partial charge on any atom is 0.319 e. The lowest BCUT2D eigenvalue weighted by atomic mass is 10.1. The molecule has 0 saturated heterocycles. The number of amides is 2. The molecule has 4 heteroatoms. The van der Waals surface area contributed by atoms with E-state index >= 15 is 0 Å². The van der Waals surface area contributed by atoms with Gasteiger partial charge in [0.1, 0.15) is 0 Å². The van der Waals surface area contributed by atoms with Crippen molar-refractivity contribution in [2.75, 3.05) is 32.5 Å². The van der Waals surface area contributed by atoms with Crippen LogP contribution in [0.5, 0.6) is 0 Å². The van der Waals surface area contributed by atoms with Gasteiger partial charge in [0.15, 0.2) is 0 Å². The van der Waals surface area contributed by atoms with Gasteiger partial charge < -0.3 is 15.5 Å². The second-order valence-electron chi connectivity index (χ2n) is 4.75. The van der Waals surface area contributed by atoms with E-state index in [0.29, 0.717) is 6.54 Å². The van der Waals surface area contributed by atoms with Crippen LogP contribution in [-0.4, -0.2) is 38.1 Å². The Labute approximate surface area is 113 Å². The van der Waals surface area contributed by atoms with E-state index in [1.54, 1.807) is 0 Å². The molecular weight excluding hydrogens is 238 g/mol. The van der Waals surface area contributed by atoms with Crippen molar-refractivity contribution in [1.29, 1.82) is 0 Å². The lowest BCUT2D eigenvalue weighted by molar-refractivity contribution is 0.250. The molecule has 100 valence electrons. The van der Waals surface area contributed by atoms with Crippen molar-refractivity contribution in [3.05, 3.63) is 42.5 Å². The van der Waals surface area contributed by atoms with Gasteiger partial charge in [0.25, 0.3) is 0 Å². The van der Waals surface area contributed by atoms with Crippen molar-refractivity contribution in [2.24, 2.45) is 0 Å². The molecule has 0 aliphatic rings. The maximum atomic E-state index is 11.7. The summed E-state index contributed by atoms with van der Waals surface area (Å²) in [4.78, 5) is 13.7. The molecule has 0 fully saturated rings. The molecule has 2 aromatic carbocycles. The van der Waals surface area contributed by atoms with Crippen LogP contribution in [0.25, 0.3) is 10.8 Å². The number of carbonyl (C=O) groups excluding carboxylic acids is 1. The van der Waals surface area contributed by atoms with Gasteiger partial charge in [-0.25, -0.2) is 4.79 Å². The van der Waals surface area contributed by atoms with Gasteiger partial charge >= 0.3 is 6.03 Å². The summed E-state index contributed by atoms with van der Waals surface area (Å²) in [5.74, 6) is 0. The van der Waals surface area contributed by atoms with Gasteiger partial charge in [-0.05, 0) is 37.0 Å². The number of carbonyl (C=O) groups is 1. The van der Waals surface area contributed by atoms with Crippen LogP contribution in [0.4, 0.5) is 10.5 Å². The standard InChI is InChI=1S/C15H19N3O/c1-18(2)10-9-16-15(19)17-14-8-7-12-5-3-4-6-13(12)11-14/h3-8,11H,9-10H2,1-2H3,(H2,16,17,19). The van der Waals surface area contributed by atoms with Crippen LogP contribution in [0.3, 0.4) is 0 Å². The summed E-state index contributed by atoms with van der Waals surface area (Å²) in [5, 5.41) is 7.94. The number of rotatable bonds is 4. The van der Waals surface area contributed by atoms with Crippen LogP contribution in [0, 0.1) is 0 Å². The summed E-state index contributed by atoms with van der Waals surface area (Å²) in [6.07, 6.45) is 0. The third-order valence-electron chi connectivity index (χ3n) is 2.85. The summed E-state index contributed by atoms with van der Waals surface area (Å²) in [6, 6.07) is 13.8. The van der Waals surface area contributed by atoms with Crippen LogP contribution in [0.1, 0.15) is 0 Å². The van der Waals surface area contributed by atoms with E-state index in [1.165, 1.54) is 5.39 Å². The third-order valence-corrected chi connectivity index (χ3v) is 2.85. The minimum Gasteiger partial charge on any atom is -0.337 e. The van der Waals surface area contributed by atoms with Crippen molar-refractivity contribution in [1.82, 2.24) is 10.2 Å². The van der Waals surface area contributed by atoms with Crippen LogP contribution < -0.4 is 10.6 Å². The Kier molecular flexibility index (Phi) is 4.36. The van der Waals surface area contributed by atoms with Crippen molar-refractivity contribution in [2.45, 2.75) is 0 Å². The van der Waals surface area contributed by atoms with E-state index in [-0.39, 0.29) is 6.03 Å². The minimum absolute atomic E-state index is 0.169. The molecule has 4 nitrogen and oxygen atoms in total. The van der Waals surface area contributed by atoms with E-state index in [4.69, 9.17) is 0 Å². The van der Waals surface area contributed by atoms with Gasteiger partial charge in [-0.15, -0.1) is 0 Å². The van der Waals surface area contributed by atoms with Gasteiger partial charge in [0.05, 0.1) is 0 Å². The van der Waals surface area contributed by atoms with Gasteiger partial charge in [0.2, 0.25) is 0 Å². The summed E-state index contributed by atoms with van der Waals surface area (Å²) in [7, 11) is 3.95. The molecule has 2 N–H and O–H groups in total. The number of hydrogen-bond acceptors (Lipinski definition) is 2. The first-order valence-electron chi connectivity index (χ1n) is 6.33. The number of benzene rings is 2. The summed E-state index contributed by atoms with van der Waals surface area (Å²) in [5.41, 5.74) is 0.807. The van der Waals surface area contributed by atoms with Crippen LogP contribution in [0.15, 0.2) is 42.5 Å². The second kappa shape index (κ2) is 6.20. The molecule has 0 unspecified atom stereocenters. The Morgan fingerprint density at radius 1 is 1.11 bits per heavy atom. The predicted octanol–water partition coefficient (Wildman–Crippen LogP) is 2.52. The van der Waals surface area contributed by atoms with E-state index < -0.39 is 0 Å². The number of urea groups is 1. The molecule has 2 rings (SSSR count). The highest BCUT2D eigenvalue weighted by Crippen LogP contribution is 2.18. The number of nitrogens with one attached hydrogen (secondary N) is 2. The highest BCUT2D eigenvalue weighted by Gasteiger charge is 2.02. The molecule has 0 heterocycles. The third kappa shape index (κ3) is 3.96. The fourth-order valence-electron chi connectivity index (χ4n) is 1.84. The van der Waals surface area contributed by atoms with Gasteiger partial charge in [0, 0.05) is 18.8 Å². The van der Waals surface area contributed by atoms with Gasteiger partial charge in [-0.2, -0.15) is 0 Å². The van der Waals surface area contributed by atoms with Crippen LogP contribution in [0.2, 0.25) is 0 Å². The van der Waals surface area contributed by atoms with Crippen molar-refractivity contribution in [3.8, 4) is 0 Å². The average molecular weight is 257 g/mol. The van der Waals surface area contributed by atoms with Crippen LogP contribution in [-0.2, 0) is 0 Å². The normalized spacial score (nSPS) is 10.7. The number of fused-ring (bicyclic) bond motifs is 1. The minimum atomic E-state index is -0.169. The van der Waals surface area contributed by atoms with E-state index in [1.807, 2.05) is 55.4 Å². The molecule has 0 aromatic heterocycles. The number of likely N-dealkylation sites (N-methyl/N-ethyl adjacent to an activating group) is 1. The van der Waals surface area contributed by atoms with Crippen LogP contribution >= 0.6 is 0 Å². The largest absolute Gasteiger partial charge is 0.337 e. The van der Waals surface area contributed by atoms with E-state index in [2.05, 4.69) is 16.7 Å². The van der Waals surface area contributed by atoms with Gasteiger partial charge in [-0.3, -0.25) is 0 Å². The molecule has 19 heavy (non-hydrogen) atoms. The molecule has 0 bridgehead atoms. The highest BCUT2D eigenvalue weighted by molar-refractivity contribution is 5.93. The second-order valence-corrected chi connectivity index (χ2v) is 4.75. The van der Waals surface area contributed by atoms with Gasteiger partial charge in [-0.1, -0.05) is 30.3 Å². The monoisotopic (exact) mass is 257 g/mol. The topological polar surface area (TPSA) is 44.4 Å². The average Bonchev–Trinajstić information content (AvgIpc) is 2.38. The Morgan fingerprint density at radius 2 is 1.84 bits per heavy atom. The fraction of sp³-hybridized carbons (Fsp3) is 0.267. The SMILES string of the molecule is CN(C)CCNC(=O)Nc1ccc2ccccc2c1.